The topological polar surface area (TPSA) is 85.9 Å². The van der Waals surface area contributed by atoms with E-state index >= 15 is 0 Å². The Hall–Kier alpha value is -1.82. The molecule has 5 nitrogen and oxygen atoms in total. The van der Waals surface area contributed by atoms with Crippen molar-refractivity contribution in [2.75, 3.05) is 19.8 Å². The minimum atomic E-state index is -1.25. The van der Waals surface area contributed by atoms with Crippen LogP contribution in [0.2, 0.25) is 0 Å². The Morgan fingerprint density at radius 2 is 1.74 bits per heavy atom. The fourth-order valence-electron chi connectivity index (χ4n) is 1.71. The van der Waals surface area contributed by atoms with Crippen LogP contribution in [0.5, 0.6) is 0 Å². The molecular weight excluding hydrogens is 244 g/mol. The lowest BCUT2D eigenvalue weighted by Gasteiger charge is -2.22. The van der Waals surface area contributed by atoms with Crippen molar-refractivity contribution in [3.63, 3.8) is 0 Å². The second-order valence-corrected chi connectivity index (χ2v) is 4.37. The van der Waals surface area contributed by atoms with Crippen molar-refractivity contribution in [2.45, 2.75) is 5.54 Å². The molecule has 0 fully saturated rings. The van der Waals surface area contributed by atoms with Crippen LogP contribution in [0.25, 0.3) is 10.9 Å². The molecule has 1 heterocycles. The lowest BCUT2D eigenvalue weighted by atomic mass is 10.0. The van der Waals surface area contributed by atoms with Crippen LogP contribution in [0, 0.1) is 0 Å². The molecular formula is C14H16N2O3. The Morgan fingerprint density at radius 3 is 2.42 bits per heavy atom. The van der Waals surface area contributed by atoms with Crippen molar-refractivity contribution in [3.05, 3.63) is 42.1 Å². The van der Waals surface area contributed by atoms with E-state index in [9.17, 15) is 15.3 Å². The first-order valence-corrected chi connectivity index (χ1v) is 5.96. The predicted octanol–water partition coefficient (Wildman–Crippen LogP) is 0.369. The van der Waals surface area contributed by atoms with Gasteiger partial charge in [-0.1, -0.05) is 18.2 Å². The van der Waals surface area contributed by atoms with E-state index in [1.807, 2.05) is 24.3 Å². The van der Waals surface area contributed by atoms with E-state index in [0.717, 1.165) is 16.5 Å². The number of para-hydroxylation sites is 1. The van der Waals surface area contributed by atoms with Crippen LogP contribution < -0.4 is 0 Å². The molecule has 0 aliphatic heterocycles. The number of nitrogens with zero attached hydrogens (tertiary/aromatic N) is 2. The summed E-state index contributed by atoms with van der Waals surface area (Å²) in [6.07, 6.45) is 3.22. The molecule has 0 atom stereocenters. The molecule has 0 spiro atoms. The highest BCUT2D eigenvalue weighted by Gasteiger charge is 2.26. The number of rotatable bonds is 5. The van der Waals surface area contributed by atoms with Crippen molar-refractivity contribution >= 4 is 17.1 Å². The van der Waals surface area contributed by atoms with E-state index in [1.54, 1.807) is 18.5 Å². The monoisotopic (exact) mass is 260 g/mol. The van der Waals surface area contributed by atoms with Crippen molar-refractivity contribution in [1.82, 2.24) is 4.98 Å². The van der Waals surface area contributed by atoms with Crippen LogP contribution in [0.15, 0.2) is 41.5 Å². The number of pyridine rings is 1. The van der Waals surface area contributed by atoms with Crippen LogP contribution in [-0.4, -0.2) is 51.9 Å². The van der Waals surface area contributed by atoms with Gasteiger partial charge in [0.05, 0.1) is 25.3 Å². The number of aliphatic hydroxyl groups excluding tert-OH is 3. The van der Waals surface area contributed by atoms with Gasteiger partial charge in [0, 0.05) is 23.4 Å². The number of hydrogen-bond donors (Lipinski definition) is 3. The SMILES string of the molecule is OCC(CO)(CO)N=Cc1ccnc2ccccc12. The smallest absolute Gasteiger partial charge is 0.129 e. The van der Waals surface area contributed by atoms with E-state index in [4.69, 9.17) is 0 Å². The summed E-state index contributed by atoms with van der Waals surface area (Å²) in [7, 11) is 0. The maximum Gasteiger partial charge on any atom is 0.129 e. The molecule has 0 bridgehead atoms. The molecule has 3 N–H and O–H groups in total. The summed E-state index contributed by atoms with van der Waals surface area (Å²) in [6, 6.07) is 9.41. The molecule has 5 heteroatoms. The van der Waals surface area contributed by atoms with E-state index in [0.29, 0.717) is 0 Å². The summed E-state index contributed by atoms with van der Waals surface area (Å²) < 4.78 is 0. The molecule has 0 aliphatic carbocycles. The third kappa shape index (κ3) is 2.78. The van der Waals surface area contributed by atoms with Gasteiger partial charge in [0.15, 0.2) is 0 Å². The molecule has 19 heavy (non-hydrogen) atoms. The summed E-state index contributed by atoms with van der Waals surface area (Å²) in [4.78, 5) is 8.37. The molecule has 2 aromatic rings. The fraction of sp³-hybridized carbons (Fsp3) is 0.286. The Labute approximate surface area is 110 Å². The van der Waals surface area contributed by atoms with Crippen LogP contribution >= 0.6 is 0 Å². The first-order chi connectivity index (χ1) is 9.24. The van der Waals surface area contributed by atoms with Crippen molar-refractivity contribution in [1.29, 1.82) is 0 Å². The van der Waals surface area contributed by atoms with Crippen LogP contribution in [0.3, 0.4) is 0 Å². The average molecular weight is 260 g/mol. The lowest BCUT2D eigenvalue weighted by Crippen LogP contribution is -2.39. The second kappa shape index (κ2) is 5.88. The van der Waals surface area contributed by atoms with Gasteiger partial charge in [-0.25, -0.2) is 0 Å². The van der Waals surface area contributed by atoms with Gasteiger partial charge < -0.3 is 15.3 Å². The molecule has 0 saturated heterocycles. The Balaban J connectivity index is 2.40. The van der Waals surface area contributed by atoms with Crippen LogP contribution in [0.1, 0.15) is 5.56 Å². The highest BCUT2D eigenvalue weighted by Crippen LogP contribution is 2.16. The van der Waals surface area contributed by atoms with Gasteiger partial charge >= 0.3 is 0 Å². The maximum absolute atomic E-state index is 9.22. The van der Waals surface area contributed by atoms with Crippen molar-refractivity contribution in [2.24, 2.45) is 4.99 Å². The third-order valence-electron chi connectivity index (χ3n) is 3.04. The van der Waals surface area contributed by atoms with Gasteiger partial charge in [-0.2, -0.15) is 0 Å². The van der Waals surface area contributed by atoms with E-state index < -0.39 is 25.4 Å². The van der Waals surface area contributed by atoms with Gasteiger partial charge in [0.2, 0.25) is 0 Å². The van der Waals surface area contributed by atoms with E-state index in [2.05, 4.69) is 9.98 Å². The number of hydrogen-bond acceptors (Lipinski definition) is 5. The molecule has 100 valence electrons. The molecule has 0 amide bonds. The minimum absolute atomic E-state index is 0.417. The molecule has 0 saturated carbocycles. The molecule has 1 aromatic carbocycles. The summed E-state index contributed by atoms with van der Waals surface area (Å²) >= 11 is 0. The number of benzene rings is 1. The second-order valence-electron chi connectivity index (χ2n) is 4.37. The standard InChI is InChI=1S/C14H16N2O3/c17-8-14(9-18,10-19)16-7-11-5-6-15-13-4-2-1-3-12(11)13/h1-7,17-19H,8-10H2. The van der Waals surface area contributed by atoms with E-state index in [1.165, 1.54) is 0 Å². The van der Waals surface area contributed by atoms with Gasteiger partial charge in [-0.15, -0.1) is 0 Å². The highest BCUT2D eigenvalue weighted by molar-refractivity contribution is 5.98. The average Bonchev–Trinajstić information content (AvgIpc) is 2.49. The number of fused-ring (bicyclic) bond motifs is 1. The normalized spacial score (nSPS) is 12.4. The minimum Gasteiger partial charge on any atom is -0.394 e. The van der Waals surface area contributed by atoms with E-state index in [-0.39, 0.29) is 0 Å². The predicted molar refractivity (Wildman–Crippen MR) is 73.3 cm³/mol. The number of aliphatic imine (C=N–C) groups is 1. The quantitative estimate of drug-likeness (QED) is 0.678. The zero-order chi connectivity index (χ0) is 13.7. The van der Waals surface area contributed by atoms with Crippen molar-refractivity contribution < 1.29 is 15.3 Å². The Kier molecular flexibility index (Phi) is 4.21. The van der Waals surface area contributed by atoms with Crippen LogP contribution in [0.4, 0.5) is 0 Å². The lowest BCUT2D eigenvalue weighted by molar-refractivity contribution is 0.0718. The van der Waals surface area contributed by atoms with Gasteiger partial charge in [0.25, 0.3) is 0 Å². The van der Waals surface area contributed by atoms with Crippen LogP contribution in [-0.2, 0) is 0 Å². The third-order valence-corrected chi connectivity index (χ3v) is 3.04. The largest absolute Gasteiger partial charge is 0.394 e. The molecule has 2 rings (SSSR count). The zero-order valence-corrected chi connectivity index (χ0v) is 10.4. The van der Waals surface area contributed by atoms with Gasteiger partial charge in [-0.3, -0.25) is 9.98 Å². The molecule has 0 aliphatic rings. The number of aliphatic hydroxyl groups is 3. The summed E-state index contributed by atoms with van der Waals surface area (Å²) in [5.41, 5.74) is 0.420. The van der Waals surface area contributed by atoms with Crippen molar-refractivity contribution in [3.8, 4) is 0 Å². The molecule has 0 unspecified atom stereocenters. The molecule has 1 aromatic heterocycles. The maximum atomic E-state index is 9.22. The molecule has 0 radical (unpaired) electrons. The summed E-state index contributed by atoms with van der Waals surface area (Å²) in [5, 5.41) is 28.6. The first kappa shape index (κ1) is 13.6. The summed E-state index contributed by atoms with van der Waals surface area (Å²) in [5.74, 6) is 0. The highest BCUT2D eigenvalue weighted by atomic mass is 16.3. The zero-order valence-electron chi connectivity index (χ0n) is 10.4. The Morgan fingerprint density at radius 1 is 1.05 bits per heavy atom. The summed E-state index contributed by atoms with van der Waals surface area (Å²) in [6.45, 7) is -1.25. The van der Waals surface area contributed by atoms with Gasteiger partial charge in [-0.05, 0) is 12.1 Å². The Bertz CT molecular complexity index is 566. The fourth-order valence-corrected chi connectivity index (χ4v) is 1.71. The number of aromatic nitrogens is 1. The first-order valence-electron chi connectivity index (χ1n) is 5.96. The van der Waals surface area contributed by atoms with Gasteiger partial charge in [0.1, 0.15) is 5.54 Å².